The van der Waals surface area contributed by atoms with Gasteiger partial charge in [-0.25, -0.2) is 9.59 Å². The SMILES string of the molecule is CCCCCCCCN(CCCCCC)C(=O)NCCCCCCN(CCCCCCNC(=O)N(CCCCCC)CCCCCCCC)CCCCOCc1ccccc1. The van der Waals surface area contributed by atoms with Crippen molar-refractivity contribution >= 4 is 12.1 Å². The lowest BCUT2D eigenvalue weighted by molar-refractivity contribution is 0.114. The van der Waals surface area contributed by atoms with Crippen LogP contribution in [-0.4, -0.2) is 92.3 Å². The highest BCUT2D eigenvalue weighted by Gasteiger charge is 2.14. The molecule has 0 aliphatic heterocycles. The Labute approximate surface area is 378 Å². The molecule has 0 fully saturated rings. The molecule has 1 aromatic rings. The summed E-state index contributed by atoms with van der Waals surface area (Å²) >= 11 is 0. The first-order valence-electron chi connectivity index (χ1n) is 26.4. The molecule has 0 bridgehead atoms. The number of carbonyl (C=O) groups excluding carboxylic acids is 2. The molecule has 0 heterocycles. The standard InChI is InChI=1S/C53H101N5O3/c1-5-9-13-17-21-34-47-57(45-32-15-11-7-3)52(59)54-40-28-19-23-30-42-56(44-36-37-49-61-50-51-38-26-25-27-39-51)43-31-24-20-29-41-55-53(60)58(46-33-16-12-8-4)48-35-22-18-14-10-6-2/h25-27,38-39H,5-24,28-37,40-50H2,1-4H3,(H,54,59)(H,55,60). The Morgan fingerprint density at radius 3 is 1.15 bits per heavy atom. The summed E-state index contributed by atoms with van der Waals surface area (Å²) in [7, 11) is 0. The van der Waals surface area contributed by atoms with Gasteiger partial charge in [0.25, 0.3) is 0 Å². The molecule has 0 radical (unpaired) electrons. The Morgan fingerprint density at radius 1 is 0.410 bits per heavy atom. The highest BCUT2D eigenvalue weighted by atomic mass is 16.5. The summed E-state index contributed by atoms with van der Waals surface area (Å²) in [5.41, 5.74) is 1.24. The Kier molecular flexibility index (Phi) is 41.2. The molecule has 0 aliphatic carbocycles. The van der Waals surface area contributed by atoms with Gasteiger partial charge >= 0.3 is 12.1 Å². The third-order valence-corrected chi connectivity index (χ3v) is 12.2. The second kappa shape index (κ2) is 44.3. The Morgan fingerprint density at radius 2 is 0.738 bits per heavy atom. The molecule has 2 N–H and O–H groups in total. The van der Waals surface area contributed by atoms with E-state index in [-0.39, 0.29) is 12.1 Å². The predicted molar refractivity (Wildman–Crippen MR) is 264 cm³/mol. The predicted octanol–water partition coefficient (Wildman–Crippen LogP) is 14.3. The van der Waals surface area contributed by atoms with Crippen molar-refractivity contribution in [2.45, 2.75) is 227 Å². The second-order valence-corrected chi connectivity index (χ2v) is 18.0. The van der Waals surface area contributed by atoms with E-state index < -0.39 is 0 Å². The normalized spacial score (nSPS) is 11.4. The van der Waals surface area contributed by atoms with E-state index in [1.54, 1.807) is 0 Å². The van der Waals surface area contributed by atoms with Crippen molar-refractivity contribution < 1.29 is 14.3 Å². The number of hydrogen-bond donors (Lipinski definition) is 2. The Hall–Kier alpha value is -2.32. The molecule has 8 heteroatoms. The van der Waals surface area contributed by atoms with Gasteiger partial charge in [-0.05, 0) is 89.4 Å². The molecule has 4 amide bonds. The number of nitrogens with zero attached hydrogens (tertiary/aromatic N) is 3. The number of hydrogen-bond acceptors (Lipinski definition) is 4. The second-order valence-electron chi connectivity index (χ2n) is 18.0. The third kappa shape index (κ3) is 35.8. The maximum Gasteiger partial charge on any atom is 0.317 e. The molecule has 0 aromatic heterocycles. The van der Waals surface area contributed by atoms with E-state index in [0.717, 1.165) is 130 Å². The van der Waals surface area contributed by atoms with Gasteiger partial charge < -0.3 is 30.1 Å². The molecular formula is C53H101N5O3. The summed E-state index contributed by atoms with van der Waals surface area (Å²) in [6, 6.07) is 10.8. The number of urea groups is 2. The monoisotopic (exact) mass is 856 g/mol. The van der Waals surface area contributed by atoms with Crippen LogP contribution in [-0.2, 0) is 11.3 Å². The van der Waals surface area contributed by atoms with Gasteiger partial charge in [0.1, 0.15) is 0 Å². The van der Waals surface area contributed by atoms with E-state index in [9.17, 15) is 9.59 Å². The molecule has 61 heavy (non-hydrogen) atoms. The van der Waals surface area contributed by atoms with E-state index in [2.05, 4.69) is 83.4 Å². The maximum absolute atomic E-state index is 13.1. The lowest BCUT2D eigenvalue weighted by Crippen LogP contribution is -2.41. The number of ether oxygens (including phenoxy) is 1. The van der Waals surface area contributed by atoms with Gasteiger partial charge in [-0.2, -0.15) is 0 Å². The average molecular weight is 856 g/mol. The van der Waals surface area contributed by atoms with E-state index in [1.165, 1.54) is 134 Å². The molecule has 0 spiro atoms. The molecule has 1 rings (SSSR count). The number of rotatable bonds is 45. The van der Waals surface area contributed by atoms with Crippen LogP contribution in [0.15, 0.2) is 30.3 Å². The largest absolute Gasteiger partial charge is 0.377 e. The van der Waals surface area contributed by atoms with Crippen LogP contribution in [0.2, 0.25) is 0 Å². The smallest absolute Gasteiger partial charge is 0.317 e. The minimum absolute atomic E-state index is 0.148. The molecular weight excluding hydrogens is 755 g/mol. The van der Waals surface area contributed by atoms with Crippen LogP contribution in [0.25, 0.3) is 0 Å². The zero-order valence-corrected chi connectivity index (χ0v) is 40.9. The van der Waals surface area contributed by atoms with Crippen LogP contribution < -0.4 is 10.6 Å². The molecule has 356 valence electrons. The van der Waals surface area contributed by atoms with Crippen molar-refractivity contribution in [3.8, 4) is 0 Å². The molecule has 0 unspecified atom stereocenters. The van der Waals surface area contributed by atoms with Crippen LogP contribution >= 0.6 is 0 Å². The number of benzene rings is 1. The van der Waals surface area contributed by atoms with Gasteiger partial charge in [-0.3, -0.25) is 0 Å². The maximum atomic E-state index is 13.1. The molecule has 0 aliphatic rings. The minimum Gasteiger partial charge on any atom is -0.377 e. The molecule has 0 saturated carbocycles. The van der Waals surface area contributed by atoms with E-state index in [4.69, 9.17) is 4.74 Å². The number of unbranched alkanes of at least 4 members (excludes halogenated alkanes) is 23. The first-order valence-corrected chi connectivity index (χ1v) is 26.4. The van der Waals surface area contributed by atoms with Crippen molar-refractivity contribution in [1.82, 2.24) is 25.3 Å². The third-order valence-electron chi connectivity index (χ3n) is 12.2. The number of amides is 4. The summed E-state index contributed by atoms with van der Waals surface area (Å²) in [5, 5.41) is 6.53. The van der Waals surface area contributed by atoms with Gasteiger partial charge in [0.05, 0.1) is 6.61 Å². The van der Waals surface area contributed by atoms with E-state index in [1.807, 2.05) is 0 Å². The summed E-state index contributed by atoms with van der Waals surface area (Å²) in [6.07, 6.45) is 36.3. The minimum atomic E-state index is 0.148. The van der Waals surface area contributed by atoms with Crippen LogP contribution in [0.4, 0.5) is 9.59 Å². The summed E-state index contributed by atoms with van der Waals surface area (Å²) < 4.78 is 5.98. The molecule has 0 saturated heterocycles. The lowest BCUT2D eigenvalue weighted by Gasteiger charge is -2.24. The van der Waals surface area contributed by atoms with Gasteiger partial charge in [-0.1, -0.05) is 186 Å². The zero-order valence-electron chi connectivity index (χ0n) is 40.9. The quantitative estimate of drug-likeness (QED) is 0.0641. The summed E-state index contributed by atoms with van der Waals surface area (Å²) in [4.78, 5) is 33.1. The fourth-order valence-corrected chi connectivity index (χ4v) is 8.14. The van der Waals surface area contributed by atoms with Crippen molar-refractivity contribution in [1.29, 1.82) is 0 Å². The van der Waals surface area contributed by atoms with Gasteiger partial charge in [0.2, 0.25) is 0 Å². The van der Waals surface area contributed by atoms with Gasteiger partial charge in [0, 0.05) is 45.9 Å². The van der Waals surface area contributed by atoms with Crippen LogP contribution in [0.1, 0.15) is 226 Å². The summed E-state index contributed by atoms with van der Waals surface area (Å²) in [5.74, 6) is 0. The highest BCUT2D eigenvalue weighted by Crippen LogP contribution is 2.12. The number of carbonyl (C=O) groups is 2. The fraction of sp³-hybridized carbons (Fsp3) is 0.849. The zero-order chi connectivity index (χ0) is 44.1. The van der Waals surface area contributed by atoms with Gasteiger partial charge in [-0.15, -0.1) is 0 Å². The molecule has 1 aromatic carbocycles. The van der Waals surface area contributed by atoms with Crippen molar-refractivity contribution in [3.05, 3.63) is 35.9 Å². The average Bonchev–Trinajstić information content (AvgIpc) is 3.27. The summed E-state index contributed by atoms with van der Waals surface area (Å²) in [6.45, 7) is 19.1. The molecule has 8 nitrogen and oxygen atoms in total. The topological polar surface area (TPSA) is 77.2 Å². The van der Waals surface area contributed by atoms with Crippen LogP contribution in [0.5, 0.6) is 0 Å². The van der Waals surface area contributed by atoms with Crippen LogP contribution in [0.3, 0.4) is 0 Å². The number of nitrogens with one attached hydrogen (secondary N) is 2. The molecule has 0 atom stereocenters. The highest BCUT2D eigenvalue weighted by molar-refractivity contribution is 5.74. The van der Waals surface area contributed by atoms with Crippen molar-refractivity contribution in [2.75, 3.05) is 65.5 Å². The van der Waals surface area contributed by atoms with Crippen LogP contribution in [0, 0.1) is 0 Å². The fourth-order valence-electron chi connectivity index (χ4n) is 8.14. The van der Waals surface area contributed by atoms with Gasteiger partial charge in [0.15, 0.2) is 0 Å². The van der Waals surface area contributed by atoms with E-state index in [0.29, 0.717) is 6.61 Å². The van der Waals surface area contributed by atoms with Crippen molar-refractivity contribution in [3.63, 3.8) is 0 Å². The van der Waals surface area contributed by atoms with Crippen molar-refractivity contribution in [2.24, 2.45) is 0 Å². The lowest BCUT2D eigenvalue weighted by atomic mass is 10.1. The van der Waals surface area contributed by atoms with E-state index >= 15 is 0 Å². The first kappa shape index (κ1) is 56.7. The Bertz CT molecular complexity index is 1020. The first-order chi connectivity index (χ1) is 30.0. The Balaban J connectivity index is 2.44.